The Morgan fingerprint density at radius 2 is 2.10 bits per heavy atom. The van der Waals surface area contributed by atoms with Gasteiger partial charge in [-0.15, -0.1) is 0 Å². The van der Waals surface area contributed by atoms with Crippen LogP contribution in [0.2, 0.25) is 0 Å². The molecule has 3 rings (SSSR count). The first-order valence-corrected chi connectivity index (χ1v) is 8.69. The highest BCUT2D eigenvalue weighted by molar-refractivity contribution is 5.91. The molecule has 0 saturated carbocycles. The molecule has 1 aromatic carbocycles. The van der Waals surface area contributed by atoms with Crippen molar-refractivity contribution in [2.75, 3.05) is 14.2 Å². The molecule has 1 unspecified atom stereocenters. The second kappa shape index (κ2) is 8.46. The predicted molar refractivity (Wildman–Crippen MR) is 102 cm³/mol. The van der Waals surface area contributed by atoms with E-state index in [-0.39, 0.29) is 24.0 Å². The number of nitrogens with one attached hydrogen (secondary N) is 1. The number of carbonyl (C=O) groups is 1. The molecule has 1 amide bonds. The average molecular weight is 400 g/mol. The van der Waals surface area contributed by atoms with Crippen LogP contribution in [0.3, 0.4) is 0 Å². The Balaban J connectivity index is 1.69. The molecule has 0 fully saturated rings. The molecular formula is C19H20N4O6. The molecule has 0 aliphatic heterocycles. The monoisotopic (exact) mass is 400 g/mol. The van der Waals surface area contributed by atoms with E-state index >= 15 is 0 Å². The highest BCUT2D eigenvalue weighted by Gasteiger charge is 2.19. The summed E-state index contributed by atoms with van der Waals surface area (Å²) in [5.41, 5.74) is 0.645. The van der Waals surface area contributed by atoms with E-state index in [1.807, 2.05) is 6.92 Å². The van der Waals surface area contributed by atoms with Crippen LogP contribution in [0.4, 0.5) is 5.69 Å². The smallest absolute Gasteiger partial charge is 0.307 e. The Bertz CT molecular complexity index is 1030. The third kappa shape index (κ3) is 4.54. The number of ether oxygens (including phenoxy) is 2. The molecule has 1 atom stereocenters. The number of hydrogen-bond donors (Lipinski definition) is 1. The van der Waals surface area contributed by atoms with E-state index in [2.05, 4.69) is 10.4 Å². The third-order valence-electron chi connectivity index (χ3n) is 4.28. The van der Waals surface area contributed by atoms with Gasteiger partial charge in [-0.05, 0) is 37.3 Å². The van der Waals surface area contributed by atoms with Crippen molar-refractivity contribution in [2.45, 2.75) is 19.5 Å². The molecule has 0 radical (unpaired) electrons. The van der Waals surface area contributed by atoms with Crippen LogP contribution in [0.25, 0.3) is 0 Å². The van der Waals surface area contributed by atoms with Crippen molar-refractivity contribution < 1.29 is 23.6 Å². The molecule has 10 heteroatoms. The first-order chi connectivity index (χ1) is 13.9. The molecule has 0 aliphatic rings. The molecular weight excluding hydrogens is 380 g/mol. The normalized spacial score (nSPS) is 11.7. The van der Waals surface area contributed by atoms with Gasteiger partial charge in [-0.2, -0.15) is 5.10 Å². The van der Waals surface area contributed by atoms with Crippen molar-refractivity contribution in [1.82, 2.24) is 15.1 Å². The zero-order valence-corrected chi connectivity index (χ0v) is 16.1. The fourth-order valence-electron chi connectivity index (χ4n) is 2.80. The topological polar surface area (TPSA) is 122 Å². The Labute approximate surface area is 166 Å². The van der Waals surface area contributed by atoms with Gasteiger partial charge in [-0.1, -0.05) is 0 Å². The average Bonchev–Trinajstić information content (AvgIpc) is 3.37. The number of furan rings is 1. The number of aromatic nitrogens is 2. The molecule has 152 valence electrons. The summed E-state index contributed by atoms with van der Waals surface area (Å²) >= 11 is 0. The van der Waals surface area contributed by atoms with Crippen molar-refractivity contribution in [3.05, 3.63) is 69.9 Å². The number of hydrogen-bond acceptors (Lipinski definition) is 7. The van der Waals surface area contributed by atoms with E-state index < -0.39 is 10.8 Å². The Hall–Kier alpha value is -3.82. The maximum Gasteiger partial charge on any atom is 0.307 e. The lowest BCUT2D eigenvalue weighted by molar-refractivity contribution is -0.385. The zero-order chi connectivity index (χ0) is 21.0. The molecule has 3 aromatic rings. The van der Waals surface area contributed by atoms with Crippen molar-refractivity contribution in [2.24, 2.45) is 0 Å². The van der Waals surface area contributed by atoms with Gasteiger partial charge in [0, 0.05) is 5.56 Å². The molecule has 0 aliphatic carbocycles. The molecule has 1 N–H and O–H groups in total. The molecule has 29 heavy (non-hydrogen) atoms. The Kier molecular flexibility index (Phi) is 5.82. The predicted octanol–water partition coefficient (Wildman–Crippen LogP) is 2.94. The van der Waals surface area contributed by atoms with Crippen molar-refractivity contribution in [3.63, 3.8) is 0 Å². The number of nitro groups is 1. The van der Waals surface area contributed by atoms with Crippen LogP contribution in [-0.2, 0) is 6.54 Å². The minimum Gasteiger partial charge on any atom is -0.497 e. The highest BCUT2D eigenvalue weighted by Crippen LogP contribution is 2.29. The number of carbonyl (C=O) groups excluding carboxylic acids is 1. The molecule has 2 heterocycles. The van der Waals surface area contributed by atoms with Crippen LogP contribution < -0.4 is 14.8 Å². The summed E-state index contributed by atoms with van der Waals surface area (Å²) < 4.78 is 17.5. The van der Waals surface area contributed by atoms with Gasteiger partial charge in [0.05, 0.1) is 31.7 Å². The van der Waals surface area contributed by atoms with Crippen LogP contribution in [0.5, 0.6) is 11.5 Å². The van der Waals surface area contributed by atoms with E-state index in [0.717, 1.165) is 11.8 Å². The lowest BCUT2D eigenvalue weighted by Gasteiger charge is -2.17. The van der Waals surface area contributed by atoms with Crippen LogP contribution in [0.1, 0.15) is 34.8 Å². The van der Waals surface area contributed by atoms with E-state index in [9.17, 15) is 14.9 Å². The van der Waals surface area contributed by atoms with Gasteiger partial charge in [-0.25, -0.2) is 0 Å². The first kappa shape index (κ1) is 19.9. The van der Waals surface area contributed by atoms with Crippen LogP contribution in [0.15, 0.2) is 47.1 Å². The van der Waals surface area contributed by atoms with Gasteiger partial charge in [0.15, 0.2) is 5.76 Å². The lowest BCUT2D eigenvalue weighted by Crippen LogP contribution is -2.26. The quantitative estimate of drug-likeness (QED) is 0.456. The maximum atomic E-state index is 12.6. The largest absolute Gasteiger partial charge is 0.497 e. The zero-order valence-electron chi connectivity index (χ0n) is 16.1. The van der Waals surface area contributed by atoms with Crippen molar-refractivity contribution in [1.29, 1.82) is 0 Å². The maximum absolute atomic E-state index is 12.6. The summed E-state index contributed by atoms with van der Waals surface area (Å²) in [6.45, 7) is 1.99. The molecule has 10 nitrogen and oxygen atoms in total. The highest BCUT2D eigenvalue weighted by atomic mass is 16.6. The Morgan fingerprint density at radius 1 is 1.31 bits per heavy atom. The molecule has 0 saturated heterocycles. The first-order valence-electron chi connectivity index (χ1n) is 8.69. The van der Waals surface area contributed by atoms with Crippen LogP contribution in [0, 0.1) is 10.1 Å². The van der Waals surface area contributed by atoms with Crippen LogP contribution in [-0.4, -0.2) is 34.8 Å². The standard InChI is InChI=1S/C19H20N4O6/c1-12(16-8-14(27-2)4-6-17(16)28-3)21-19(24)18-7-5-15(29-18)11-22-10-13(9-20-22)23(25)26/h4-10,12H,11H2,1-3H3,(H,21,24). The van der Waals surface area contributed by atoms with Crippen molar-refractivity contribution >= 4 is 11.6 Å². The van der Waals surface area contributed by atoms with E-state index in [1.165, 1.54) is 16.9 Å². The van der Waals surface area contributed by atoms with Crippen LogP contribution >= 0.6 is 0 Å². The summed E-state index contributed by atoms with van der Waals surface area (Å²) in [6.07, 6.45) is 2.44. The minimum absolute atomic E-state index is 0.115. The number of rotatable bonds is 8. The second-order valence-electron chi connectivity index (χ2n) is 6.22. The summed E-state index contributed by atoms with van der Waals surface area (Å²) in [5, 5.41) is 17.5. The van der Waals surface area contributed by atoms with E-state index in [1.54, 1.807) is 38.5 Å². The minimum atomic E-state index is -0.529. The molecule has 0 bridgehead atoms. The molecule has 0 spiro atoms. The number of benzene rings is 1. The van der Waals surface area contributed by atoms with E-state index in [4.69, 9.17) is 13.9 Å². The fraction of sp³-hybridized carbons (Fsp3) is 0.263. The molecule has 2 aromatic heterocycles. The number of amides is 1. The SMILES string of the molecule is COc1ccc(OC)c(C(C)NC(=O)c2ccc(Cn3cc([N+](=O)[O-])cn3)o2)c1. The van der Waals surface area contributed by atoms with Gasteiger partial charge >= 0.3 is 5.69 Å². The van der Waals surface area contributed by atoms with Gasteiger partial charge in [0.1, 0.15) is 29.7 Å². The summed E-state index contributed by atoms with van der Waals surface area (Å²) in [6, 6.07) is 8.13. The third-order valence-corrected chi connectivity index (χ3v) is 4.28. The second-order valence-corrected chi connectivity index (χ2v) is 6.22. The number of nitrogens with zero attached hydrogens (tertiary/aromatic N) is 3. The summed E-state index contributed by atoms with van der Waals surface area (Å²) in [7, 11) is 3.12. The Morgan fingerprint density at radius 3 is 2.76 bits per heavy atom. The summed E-state index contributed by atoms with van der Waals surface area (Å²) in [5.74, 6) is 1.43. The van der Waals surface area contributed by atoms with Gasteiger partial charge < -0.3 is 19.2 Å². The van der Waals surface area contributed by atoms with Gasteiger partial charge in [-0.3, -0.25) is 19.6 Å². The van der Waals surface area contributed by atoms with E-state index in [0.29, 0.717) is 17.3 Å². The fourth-order valence-corrected chi connectivity index (χ4v) is 2.80. The van der Waals surface area contributed by atoms with Gasteiger partial charge in [0.2, 0.25) is 0 Å². The number of methoxy groups -OCH3 is 2. The van der Waals surface area contributed by atoms with Gasteiger partial charge in [0.25, 0.3) is 5.91 Å². The van der Waals surface area contributed by atoms with Crippen molar-refractivity contribution in [3.8, 4) is 11.5 Å². The lowest BCUT2D eigenvalue weighted by atomic mass is 10.1. The summed E-state index contributed by atoms with van der Waals surface area (Å²) in [4.78, 5) is 22.7.